The number of methoxy groups -OCH3 is 3. The van der Waals surface area contributed by atoms with Gasteiger partial charge in [-0.2, -0.15) is 9.34 Å². The normalized spacial score (nSPS) is 30.3. The van der Waals surface area contributed by atoms with E-state index in [-0.39, 0.29) is 6.10 Å². The largest absolute Gasteiger partial charge is 0.409 e. The number of hydrogen-bond acceptors (Lipinski definition) is 5. The smallest absolute Gasteiger partial charge is 0.383 e. The van der Waals surface area contributed by atoms with Crippen LogP contribution in [0.2, 0.25) is 0 Å². The van der Waals surface area contributed by atoms with E-state index in [1.165, 1.54) is 44.1 Å². The summed E-state index contributed by atoms with van der Waals surface area (Å²) in [5.74, 6) is 0.402. The molecule has 5 nitrogen and oxygen atoms in total. The highest BCUT2D eigenvalue weighted by atomic mass is 79.9. The van der Waals surface area contributed by atoms with Crippen LogP contribution < -0.4 is 0 Å². The Labute approximate surface area is 210 Å². The van der Waals surface area contributed by atoms with E-state index in [1.807, 2.05) is 21.3 Å². The highest BCUT2D eigenvalue weighted by molar-refractivity contribution is 9.10. The van der Waals surface area contributed by atoms with Crippen LogP contribution in [-0.4, -0.2) is 82.3 Å². The van der Waals surface area contributed by atoms with Crippen LogP contribution in [0.5, 0.6) is 0 Å². The average molecular weight is 538 g/mol. The molecule has 2 unspecified atom stereocenters. The fourth-order valence-electron chi connectivity index (χ4n) is 6.77. The van der Waals surface area contributed by atoms with Crippen LogP contribution in [0, 0.1) is 5.92 Å². The molecule has 33 heavy (non-hydrogen) atoms. The highest BCUT2D eigenvalue weighted by Gasteiger charge is 2.62. The molecular formula is C25H40BBrN2O3P+. The fourth-order valence-corrected chi connectivity index (χ4v) is 12.1. The average Bonchev–Trinajstić information content (AvgIpc) is 3.57. The van der Waals surface area contributed by atoms with Crippen molar-refractivity contribution in [2.24, 2.45) is 5.92 Å². The Kier molecular flexibility index (Phi) is 9.34. The molecule has 1 saturated carbocycles. The summed E-state index contributed by atoms with van der Waals surface area (Å²) in [6, 6.07) is 9.33. The zero-order valence-corrected chi connectivity index (χ0v) is 23.0. The summed E-state index contributed by atoms with van der Waals surface area (Å²) in [5.41, 5.74) is 1.66. The van der Waals surface area contributed by atoms with Crippen LogP contribution in [0.15, 0.2) is 28.7 Å². The SMILES string of the molecule is [B][P+](C1CCCC1[C@@H](OC)c1ccccc1Br)(N1CCC[C@H]1COC)N1CCC[C@H]1COC. The third kappa shape index (κ3) is 5.12. The van der Waals surface area contributed by atoms with Gasteiger partial charge in [-0.1, -0.05) is 34.1 Å². The van der Waals surface area contributed by atoms with Gasteiger partial charge in [0.2, 0.25) is 0 Å². The Morgan fingerprint density at radius 3 is 2.09 bits per heavy atom. The summed E-state index contributed by atoms with van der Waals surface area (Å²) < 4.78 is 24.1. The number of ether oxygens (including phenoxy) is 3. The van der Waals surface area contributed by atoms with Crippen LogP contribution in [0.25, 0.3) is 0 Å². The molecule has 2 aliphatic heterocycles. The third-order valence-corrected chi connectivity index (χ3v) is 13.1. The predicted molar refractivity (Wildman–Crippen MR) is 141 cm³/mol. The van der Waals surface area contributed by atoms with Crippen molar-refractivity contribution in [3.05, 3.63) is 34.3 Å². The molecule has 2 heterocycles. The lowest BCUT2D eigenvalue weighted by Gasteiger charge is -2.48. The summed E-state index contributed by atoms with van der Waals surface area (Å²) >= 11 is 3.79. The molecule has 1 aromatic carbocycles. The molecule has 0 bridgehead atoms. The van der Waals surface area contributed by atoms with E-state index in [0.717, 1.165) is 37.2 Å². The maximum atomic E-state index is 7.84. The maximum Gasteiger partial charge on any atom is 0.409 e. The van der Waals surface area contributed by atoms with Gasteiger partial charge in [-0.05, 0) is 56.6 Å². The monoisotopic (exact) mass is 537 g/mol. The minimum Gasteiger partial charge on any atom is -0.383 e. The third-order valence-electron chi connectivity index (χ3n) is 8.11. The molecule has 2 saturated heterocycles. The first-order valence-corrected chi connectivity index (χ1v) is 15.2. The molecule has 0 aromatic heterocycles. The summed E-state index contributed by atoms with van der Waals surface area (Å²) in [4.78, 5) is 0. The van der Waals surface area contributed by atoms with Crippen LogP contribution in [0.1, 0.15) is 56.6 Å². The molecule has 3 aliphatic rings. The minimum absolute atomic E-state index is 0.0444. The molecule has 1 aromatic rings. The first-order chi connectivity index (χ1) is 16.1. The first kappa shape index (κ1) is 26.1. The summed E-state index contributed by atoms with van der Waals surface area (Å²) in [7, 11) is 11.2. The van der Waals surface area contributed by atoms with E-state index in [1.54, 1.807) is 0 Å². The number of benzene rings is 1. The van der Waals surface area contributed by atoms with Crippen molar-refractivity contribution in [1.82, 2.24) is 9.34 Å². The number of nitrogens with zero attached hydrogens (tertiary/aromatic N) is 2. The zero-order valence-electron chi connectivity index (χ0n) is 20.5. The van der Waals surface area contributed by atoms with Gasteiger partial charge in [-0.3, -0.25) is 0 Å². The lowest BCUT2D eigenvalue weighted by atomic mass is 9.94. The number of rotatable bonds is 10. The highest BCUT2D eigenvalue weighted by Crippen LogP contribution is 2.73. The molecule has 0 amide bonds. The van der Waals surface area contributed by atoms with E-state index in [0.29, 0.717) is 23.7 Å². The van der Waals surface area contributed by atoms with Crippen molar-refractivity contribution in [1.29, 1.82) is 0 Å². The first-order valence-electron chi connectivity index (χ1n) is 12.5. The van der Waals surface area contributed by atoms with Gasteiger partial charge in [0.1, 0.15) is 7.44 Å². The van der Waals surface area contributed by atoms with Gasteiger partial charge in [0.25, 0.3) is 0 Å². The molecule has 3 fully saturated rings. The van der Waals surface area contributed by atoms with Gasteiger partial charge >= 0.3 is 7.57 Å². The van der Waals surface area contributed by atoms with Gasteiger partial charge in [-0.25, -0.2) is 0 Å². The van der Waals surface area contributed by atoms with Crippen molar-refractivity contribution < 1.29 is 14.2 Å². The maximum absolute atomic E-state index is 7.84. The molecule has 4 rings (SSSR count). The molecule has 182 valence electrons. The second-order valence-corrected chi connectivity index (χ2v) is 13.8. The molecule has 5 atom stereocenters. The quantitative estimate of drug-likeness (QED) is 0.292. The topological polar surface area (TPSA) is 34.2 Å². The van der Waals surface area contributed by atoms with Crippen molar-refractivity contribution in [3.63, 3.8) is 0 Å². The van der Waals surface area contributed by atoms with Crippen LogP contribution >= 0.6 is 23.4 Å². The van der Waals surface area contributed by atoms with Crippen LogP contribution in [0.3, 0.4) is 0 Å². The second-order valence-electron chi connectivity index (χ2n) is 9.87. The van der Waals surface area contributed by atoms with Gasteiger partial charge in [0, 0.05) is 44.8 Å². The predicted octanol–water partition coefficient (Wildman–Crippen LogP) is 5.46. The minimum atomic E-state index is -2.13. The van der Waals surface area contributed by atoms with Gasteiger partial charge < -0.3 is 14.2 Å². The van der Waals surface area contributed by atoms with Crippen molar-refractivity contribution >= 4 is 30.9 Å². The zero-order chi connectivity index (χ0) is 23.4. The fraction of sp³-hybridized carbons (Fsp3) is 0.760. The molecule has 0 N–H and O–H groups in total. The van der Waals surface area contributed by atoms with Gasteiger partial charge in [0.05, 0.1) is 37.1 Å². The lowest BCUT2D eigenvalue weighted by Crippen LogP contribution is -2.49. The summed E-state index contributed by atoms with van der Waals surface area (Å²) in [6.45, 7) is 3.67. The lowest BCUT2D eigenvalue weighted by molar-refractivity contribution is 0.0524. The number of halogens is 1. The molecule has 8 heteroatoms. The Morgan fingerprint density at radius 2 is 1.55 bits per heavy atom. The standard InChI is InChI=1S/C25H40BBrN2O3P/c1-30-17-19-9-7-15-28(19)33(26,29-16-8-10-20(29)18-31-2)24-14-6-12-22(24)25(32-3)21-11-4-5-13-23(21)27/h4-5,11,13,19-20,22,24-25H,6-10,12,14-18H2,1-3H3/q+1/t19-,20-,22?,24?,25-/m0/s1. The Hall–Kier alpha value is -0.00506. The Bertz CT molecular complexity index is 751. The second kappa shape index (κ2) is 11.8. The van der Waals surface area contributed by atoms with E-state index in [4.69, 9.17) is 21.8 Å². The van der Waals surface area contributed by atoms with Crippen molar-refractivity contribution in [2.75, 3.05) is 47.6 Å². The molecule has 1 aliphatic carbocycles. The van der Waals surface area contributed by atoms with Crippen molar-refractivity contribution in [3.8, 4) is 0 Å². The van der Waals surface area contributed by atoms with E-state index in [2.05, 4.69) is 49.5 Å². The van der Waals surface area contributed by atoms with Crippen molar-refractivity contribution in [2.45, 2.75) is 68.8 Å². The van der Waals surface area contributed by atoms with Gasteiger partial charge in [0.15, 0.2) is 0 Å². The van der Waals surface area contributed by atoms with E-state index in [9.17, 15) is 0 Å². The molecule has 2 radical (unpaired) electrons. The Balaban J connectivity index is 1.73. The van der Waals surface area contributed by atoms with E-state index < -0.39 is 7.44 Å². The molecular weight excluding hydrogens is 498 g/mol. The van der Waals surface area contributed by atoms with Crippen LogP contribution in [-0.2, 0) is 14.2 Å². The Morgan fingerprint density at radius 1 is 0.939 bits per heavy atom. The van der Waals surface area contributed by atoms with E-state index >= 15 is 0 Å². The van der Waals surface area contributed by atoms with Gasteiger partial charge in [-0.15, -0.1) is 0 Å². The summed E-state index contributed by atoms with van der Waals surface area (Å²) in [5, 5.41) is 0. The summed E-state index contributed by atoms with van der Waals surface area (Å²) in [6.07, 6.45) is 8.33. The molecule has 0 spiro atoms. The number of hydrogen-bond donors (Lipinski definition) is 0. The van der Waals surface area contributed by atoms with Crippen LogP contribution in [0.4, 0.5) is 0 Å².